The number of fused-ring (bicyclic) bond motifs is 1. The summed E-state index contributed by atoms with van der Waals surface area (Å²) in [5, 5.41) is 0. The van der Waals surface area contributed by atoms with Gasteiger partial charge in [-0.3, -0.25) is 19.2 Å². The zero-order valence-corrected chi connectivity index (χ0v) is 7.62. The lowest BCUT2D eigenvalue weighted by Gasteiger charge is -2.30. The van der Waals surface area contributed by atoms with Crippen LogP contribution in [0.2, 0.25) is 0 Å². The summed E-state index contributed by atoms with van der Waals surface area (Å²) in [5.41, 5.74) is 0. The second-order valence-electron chi connectivity index (χ2n) is 3.82. The number of hydrogen-bond acceptors (Lipinski definition) is 4. The molecule has 2 fully saturated rings. The fourth-order valence-corrected chi connectivity index (χ4v) is 2.22. The number of ketones is 4. The molecule has 0 aliphatic heterocycles. The van der Waals surface area contributed by atoms with Gasteiger partial charge in [-0.15, -0.1) is 0 Å². The number of rotatable bonds is 0. The third-order valence-corrected chi connectivity index (χ3v) is 2.96. The summed E-state index contributed by atoms with van der Waals surface area (Å²) in [6.45, 7) is 0. The zero-order chi connectivity index (χ0) is 10.3. The molecule has 0 atom stereocenters. The van der Waals surface area contributed by atoms with Gasteiger partial charge in [0.05, 0.1) is 11.8 Å². The van der Waals surface area contributed by atoms with Crippen molar-refractivity contribution >= 4 is 23.1 Å². The van der Waals surface area contributed by atoms with E-state index in [0.717, 1.165) is 0 Å². The molecule has 0 radical (unpaired) electrons. The molecule has 0 heterocycles. The Kier molecular flexibility index (Phi) is 2.06. The molecule has 4 heteroatoms. The van der Waals surface area contributed by atoms with Crippen molar-refractivity contribution in [3.05, 3.63) is 0 Å². The van der Waals surface area contributed by atoms with E-state index in [2.05, 4.69) is 0 Å². The maximum atomic E-state index is 11.4. The Hall–Kier alpha value is -1.32. The summed E-state index contributed by atoms with van der Waals surface area (Å²) < 4.78 is 0. The second kappa shape index (κ2) is 3.12. The standard InChI is InChI=1S/C10H10O4/c11-5-1-2-6(12)10-8(14)4-3-7(13)9(5)10/h9-10H,1-4H2. The van der Waals surface area contributed by atoms with Crippen LogP contribution < -0.4 is 0 Å². The molecule has 2 saturated carbocycles. The van der Waals surface area contributed by atoms with Crippen LogP contribution in [0, 0.1) is 11.8 Å². The van der Waals surface area contributed by atoms with Crippen LogP contribution in [0.5, 0.6) is 0 Å². The SMILES string of the molecule is O=C1CCC(=O)C2C(=O)CCC(=O)C12. The first-order valence-electron chi connectivity index (χ1n) is 4.72. The third kappa shape index (κ3) is 1.22. The summed E-state index contributed by atoms with van der Waals surface area (Å²) >= 11 is 0. The first-order chi connectivity index (χ1) is 6.61. The zero-order valence-electron chi connectivity index (χ0n) is 7.62. The highest BCUT2D eigenvalue weighted by atomic mass is 16.2. The molecular formula is C10H10O4. The molecule has 2 aliphatic rings. The molecule has 4 nitrogen and oxygen atoms in total. The van der Waals surface area contributed by atoms with E-state index in [9.17, 15) is 19.2 Å². The van der Waals surface area contributed by atoms with Crippen LogP contribution in [0.3, 0.4) is 0 Å². The average Bonchev–Trinajstić information content (AvgIpc) is 2.16. The Labute approximate surface area is 80.7 Å². The monoisotopic (exact) mass is 194 g/mol. The van der Waals surface area contributed by atoms with Crippen LogP contribution in [0.15, 0.2) is 0 Å². The summed E-state index contributed by atoms with van der Waals surface area (Å²) in [7, 11) is 0. The molecule has 0 aromatic heterocycles. The van der Waals surface area contributed by atoms with Gasteiger partial charge in [0.25, 0.3) is 0 Å². The van der Waals surface area contributed by atoms with Crippen molar-refractivity contribution < 1.29 is 19.2 Å². The number of Topliss-reactive ketones (excluding diaryl/α,β-unsaturated/α-hetero) is 4. The number of carbonyl (C=O) groups is 4. The van der Waals surface area contributed by atoms with Gasteiger partial charge in [-0.25, -0.2) is 0 Å². The minimum Gasteiger partial charge on any atom is -0.299 e. The van der Waals surface area contributed by atoms with Crippen LogP contribution in [-0.4, -0.2) is 23.1 Å². The summed E-state index contributed by atoms with van der Waals surface area (Å²) in [4.78, 5) is 45.6. The molecule has 74 valence electrons. The second-order valence-corrected chi connectivity index (χ2v) is 3.82. The van der Waals surface area contributed by atoms with Crippen LogP contribution in [0.25, 0.3) is 0 Å². The fourth-order valence-electron chi connectivity index (χ4n) is 2.22. The van der Waals surface area contributed by atoms with Crippen molar-refractivity contribution in [3.8, 4) is 0 Å². The van der Waals surface area contributed by atoms with E-state index in [1.807, 2.05) is 0 Å². The average molecular weight is 194 g/mol. The van der Waals surface area contributed by atoms with Gasteiger partial charge in [0.15, 0.2) is 0 Å². The van der Waals surface area contributed by atoms with E-state index < -0.39 is 11.8 Å². The molecule has 0 saturated heterocycles. The molecule has 2 aliphatic carbocycles. The van der Waals surface area contributed by atoms with E-state index in [4.69, 9.17) is 0 Å². The summed E-state index contributed by atoms with van der Waals surface area (Å²) in [5.74, 6) is -2.78. The highest BCUT2D eigenvalue weighted by Gasteiger charge is 2.48. The molecule has 0 aromatic carbocycles. The summed E-state index contributed by atoms with van der Waals surface area (Å²) in [6, 6.07) is 0. The molecular weight excluding hydrogens is 184 g/mol. The lowest BCUT2D eigenvalue weighted by Crippen LogP contribution is -2.47. The highest BCUT2D eigenvalue weighted by Crippen LogP contribution is 2.32. The molecule has 0 N–H and O–H groups in total. The summed E-state index contributed by atoms with van der Waals surface area (Å²) in [6.07, 6.45) is 0.496. The maximum absolute atomic E-state index is 11.4. The quantitative estimate of drug-likeness (QED) is 0.512. The van der Waals surface area contributed by atoms with Gasteiger partial charge >= 0.3 is 0 Å². The molecule has 0 spiro atoms. The Morgan fingerprint density at radius 3 is 1.00 bits per heavy atom. The molecule has 14 heavy (non-hydrogen) atoms. The van der Waals surface area contributed by atoms with E-state index >= 15 is 0 Å². The van der Waals surface area contributed by atoms with Crippen molar-refractivity contribution in [2.75, 3.05) is 0 Å². The van der Waals surface area contributed by atoms with E-state index in [-0.39, 0.29) is 48.8 Å². The predicted octanol–water partition coefficient (Wildman–Crippen LogP) is 0.0828. The Morgan fingerprint density at radius 2 is 0.786 bits per heavy atom. The van der Waals surface area contributed by atoms with E-state index in [1.54, 1.807) is 0 Å². The third-order valence-electron chi connectivity index (χ3n) is 2.96. The Morgan fingerprint density at radius 1 is 0.571 bits per heavy atom. The van der Waals surface area contributed by atoms with Crippen molar-refractivity contribution in [1.29, 1.82) is 0 Å². The van der Waals surface area contributed by atoms with Crippen LogP contribution in [0.4, 0.5) is 0 Å². The van der Waals surface area contributed by atoms with Crippen molar-refractivity contribution in [2.45, 2.75) is 25.7 Å². The number of carbonyl (C=O) groups excluding carboxylic acids is 4. The minimum atomic E-state index is -0.933. The predicted molar refractivity (Wildman–Crippen MR) is 45.5 cm³/mol. The molecule has 0 bridgehead atoms. The van der Waals surface area contributed by atoms with Gasteiger partial charge in [0.1, 0.15) is 23.1 Å². The Bertz CT molecular complexity index is 276. The minimum absolute atomic E-state index is 0.124. The van der Waals surface area contributed by atoms with Crippen molar-refractivity contribution in [2.24, 2.45) is 11.8 Å². The smallest absolute Gasteiger partial charge is 0.144 e. The first kappa shape index (κ1) is 9.24. The van der Waals surface area contributed by atoms with Crippen LogP contribution in [-0.2, 0) is 19.2 Å². The lowest BCUT2D eigenvalue weighted by molar-refractivity contribution is -0.152. The van der Waals surface area contributed by atoms with Gasteiger partial charge < -0.3 is 0 Å². The lowest BCUT2D eigenvalue weighted by atomic mass is 9.68. The normalized spacial score (nSPS) is 33.1. The first-order valence-corrected chi connectivity index (χ1v) is 4.72. The molecule has 0 unspecified atom stereocenters. The van der Waals surface area contributed by atoms with Gasteiger partial charge in [0, 0.05) is 25.7 Å². The molecule has 0 amide bonds. The molecule has 0 aromatic rings. The van der Waals surface area contributed by atoms with Crippen molar-refractivity contribution in [3.63, 3.8) is 0 Å². The maximum Gasteiger partial charge on any atom is 0.144 e. The van der Waals surface area contributed by atoms with Gasteiger partial charge in [-0.2, -0.15) is 0 Å². The highest BCUT2D eigenvalue weighted by molar-refractivity contribution is 6.19. The Balaban J connectivity index is 2.37. The largest absolute Gasteiger partial charge is 0.299 e. The fraction of sp³-hybridized carbons (Fsp3) is 0.600. The van der Waals surface area contributed by atoms with Crippen LogP contribution >= 0.6 is 0 Å². The number of hydrogen-bond donors (Lipinski definition) is 0. The van der Waals surface area contributed by atoms with Crippen LogP contribution in [0.1, 0.15) is 25.7 Å². The molecule has 2 rings (SSSR count). The van der Waals surface area contributed by atoms with E-state index in [0.29, 0.717) is 0 Å². The van der Waals surface area contributed by atoms with E-state index in [1.165, 1.54) is 0 Å². The van der Waals surface area contributed by atoms with Gasteiger partial charge in [-0.1, -0.05) is 0 Å². The van der Waals surface area contributed by atoms with Gasteiger partial charge in [-0.05, 0) is 0 Å². The van der Waals surface area contributed by atoms with Gasteiger partial charge in [0.2, 0.25) is 0 Å². The topological polar surface area (TPSA) is 68.3 Å². The van der Waals surface area contributed by atoms with Crippen molar-refractivity contribution in [1.82, 2.24) is 0 Å².